The molecule has 0 aliphatic rings. The van der Waals surface area contributed by atoms with Gasteiger partial charge in [0.25, 0.3) is 0 Å². The van der Waals surface area contributed by atoms with E-state index in [0.29, 0.717) is 0 Å². The summed E-state index contributed by atoms with van der Waals surface area (Å²) in [5.74, 6) is 0.951. The molecule has 0 spiro atoms. The van der Waals surface area contributed by atoms with Gasteiger partial charge in [-0.2, -0.15) is 11.8 Å². The summed E-state index contributed by atoms with van der Waals surface area (Å²) in [6.07, 6.45) is 3.98. The third-order valence-corrected chi connectivity index (χ3v) is 1.60. The van der Waals surface area contributed by atoms with Crippen molar-refractivity contribution in [3.8, 4) is 0 Å². The van der Waals surface area contributed by atoms with Crippen LogP contribution in [-0.4, -0.2) is 23.7 Å². The van der Waals surface area contributed by atoms with E-state index in [1.807, 2.05) is 19.3 Å². The number of hydrogen-bond donors (Lipinski definition) is 1. The molecule has 0 unspecified atom stereocenters. The molecule has 0 aromatic heterocycles. The highest BCUT2D eigenvalue weighted by molar-refractivity contribution is 7.98. The van der Waals surface area contributed by atoms with Crippen molar-refractivity contribution >= 4 is 11.8 Å². The molecular weight excluding hydrogens is 120 g/mol. The summed E-state index contributed by atoms with van der Waals surface area (Å²) in [6, 6.07) is 0. The van der Waals surface area contributed by atoms with Crippen LogP contribution < -0.4 is 0 Å². The predicted molar refractivity (Wildman–Crippen MR) is 39.2 cm³/mol. The lowest BCUT2D eigenvalue weighted by Gasteiger charge is -1.96. The van der Waals surface area contributed by atoms with Gasteiger partial charge in [-0.15, -0.1) is 0 Å². The number of allylic oxidation sites excluding steroid dienone is 1. The molecule has 1 N–H and O–H groups in total. The van der Waals surface area contributed by atoms with Crippen molar-refractivity contribution in [2.45, 2.75) is 6.92 Å². The Balaban J connectivity index is 3.38. The summed E-state index contributed by atoms with van der Waals surface area (Å²) in [5, 5.41) is 8.58. The Kier molecular flexibility index (Phi) is 5.22. The van der Waals surface area contributed by atoms with Crippen LogP contribution in [0.5, 0.6) is 0 Å². The molecule has 0 saturated heterocycles. The third-order valence-electron chi connectivity index (χ3n) is 0.941. The molecule has 0 radical (unpaired) electrons. The molecule has 2 heteroatoms. The first-order valence-corrected chi connectivity index (χ1v) is 3.98. The summed E-state index contributed by atoms with van der Waals surface area (Å²) in [6.45, 7) is 2.15. The van der Waals surface area contributed by atoms with E-state index in [4.69, 9.17) is 5.11 Å². The van der Waals surface area contributed by atoms with Gasteiger partial charge in [0, 0.05) is 5.75 Å². The van der Waals surface area contributed by atoms with Gasteiger partial charge in [-0.1, -0.05) is 6.08 Å². The van der Waals surface area contributed by atoms with Crippen molar-refractivity contribution in [3.63, 3.8) is 0 Å². The van der Waals surface area contributed by atoms with E-state index in [-0.39, 0.29) is 6.61 Å². The fraction of sp³-hybridized carbons (Fsp3) is 0.667. The molecule has 48 valence electrons. The number of aliphatic hydroxyl groups excluding tert-OH is 1. The van der Waals surface area contributed by atoms with Crippen LogP contribution in [0.4, 0.5) is 0 Å². The second-order valence-electron chi connectivity index (χ2n) is 1.54. The smallest absolute Gasteiger partial charge is 0.0649 e. The zero-order valence-corrected chi connectivity index (χ0v) is 6.16. The monoisotopic (exact) mass is 132 g/mol. The Morgan fingerprint density at radius 2 is 2.38 bits per heavy atom. The normalized spacial score (nSPS) is 12.1. The van der Waals surface area contributed by atoms with E-state index < -0.39 is 0 Å². The average Bonchev–Trinajstić information content (AvgIpc) is 1.83. The van der Waals surface area contributed by atoms with Gasteiger partial charge in [-0.05, 0) is 18.8 Å². The van der Waals surface area contributed by atoms with Crippen LogP contribution in [0, 0.1) is 0 Å². The predicted octanol–water partition coefficient (Wildman–Crippen LogP) is 1.29. The molecule has 0 atom stereocenters. The lowest BCUT2D eigenvalue weighted by atomic mass is 10.3. The fourth-order valence-electron chi connectivity index (χ4n) is 0.406. The molecule has 8 heavy (non-hydrogen) atoms. The Bertz CT molecular complexity index is 78.6. The van der Waals surface area contributed by atoms with Crippen molar-refractivity contribution in [3.05, 3.63) is 11.6 Å². The first kappa shape index (κ1) is 8.05. The second-order valence-corrected chi connectivity index (χ2v) is 2.40. The summed E-state index contributed by atoms with van der Waals surface area (Å²) in [5.41, 5.74) is 1.11. The topological polar surface area (TPSA) is 20.2 Å². The molecule has 1 nitrogen and oxygen atoms in total. The SMILES string of the molecule is C/C=C(\CO)CSC. The number of rotatable bonds is 3. The lowest BCUT2D eigenvalue weighted by molar-refractivity contribution is 0.332. The Labute approximate surface area is 54.8 Å². The number of aliphatic hydroxyl groups is 1. The molecule has 0 rings (SSSR count). The van der Waals surface area contributed by atoms with Gasteiger partial charge < -0.3 is 5.11 Å². The zero-order chi connectivity index (χ0) is 6.41. The van der Waals surface area contributed by atoms with E-state index in [1.54, 1.807) is 11.8 Å². The van der Waals surface area contributed by atoms with Crippen LogP contribution in [0.25, 0.3) is 0 Å². The highest BCUT2D eigenvalue weighted by atomic mass is 32.2. The van der Waals surface area contributed by atoms with Crippen LogP contribution in [0.1, 0.15) is 6.92 Å². The summed E-state index contributed by atoms with van der Waals surface area (Å²) in [7, 11) is 0. The minimum Gasteiger partial charge on any atom is -0.392 e. The Morgan fingerprint density at radius 3 is 2.50 bits per heavy atom. The molecular formula is C6H12OS. The standard InChI is InChI=1S/C6H12OS/c1-3-6(4-7)5-8-2/h3,7H,4-5H2,1-2H3/b6-3+. The van der Waals surface area contributed by atoms with E-state index in [0.717, 1.165) is 11.3 Å². The molecule has 0 saturated carbocycles. The maximum Gasteiger partial charge on any atom is 0.0649 e. The Morgan fingerprint density at radius 1 is 1.75 bits per heavy atom. The molecule has 0 bridgehead atoms. The minimum absolute atomic E-state index is 0.206. The van der Waals surface area contributed by atoms with Gasteiger partial charge in [-0.3, -0.25) is 0 Å². The molecule has 0 amide bonds. The molecule has 0 aliphatic heterocycles. The quantitative estimate of drug-likeness (QED) is 0.584. The van der Waals surface area contributed by atoms with Crippen molar-refractivity contribution in [2.24, 2.45) is 0 Å². The van der Waals surface area contributed by atoms with Crippen molar-refractivity contribution in [1.29, 1.82) is 0 Å². The highest BCUT2D eigenvalue weighted by Crippen LogP contribution is 2.01. The molecule has 0 aromatic carbocycles. The van der Waals surface area contributed by atoms with Gasteiger partial charge in [0.2, 0.25) is 0 Å². The first-order chi connectivity index (χ1) is 3.85. The summed E-state index contributed by atoms with van der Waals surface area (Å²) in [4.78, 5) is 0. The Hall–Kier alpha value is 0.0500. The highest BCUT2D eigenvalue weighted by Gasteiger charge is 1.88. The molecule has 0 aliphatic carbocycles. The molecule has 0 heterocycles. The van der Waals surface area contributed by atoms with Crippen molar-refractivity contribution < 1.29 is 5.11 Å². The second kappa shape index (κ2) is 5.19. The van der Waals surface area contributed by atoms with Crippen LogP contribution in [0.2, 0.25) is 0 Å². The number of hydrogen-bond acceptors (Lipinski definition) is 2. The summed E-state index contributed by atoms with van der Waals surface area (Å²) < 4.78 is 0. The van der Waals surface area contributed by atoms with Crippen molar-refractivity contribution in [1.82, 2.24) is 0 Å². The first-order valence-electron chi connectivity index (χ1n) is 2.59. The maximum absolute atomic E-state index is 8.58. The van der Waals surface area contributed by atoms with E-state index >= 15 is 0 Å². The lowest BCUT2D eigenvalue weighted by Crippen LogP contribution is -1.91. The maximum atomic E-state index is 8.58. The van der Waals surface area contributed by atoms with E-state index in [2.05, 4.69) is 0 Å². The van der Waals surface area contributed by atoms with Gasteiger partial charge in [-0.25, -0.2) is 0 Å². The van der Waals surface area contributed by atoms with Crippen LogP contribution in [-0.2, 0) is 0 Å². The van der Waals surface area contributed by atoms with Crippen LogP contribution in [0.15, 0.2) is 11.6 Å². The van der Waals surface area contributed by atoms with Gasteiger partial charge in [0.1, 0.15) is 0 Å². The fourth-order valence-corrected chi connectivity index (χ4v) is 1.03. The van der Waals surface area contributed by atoms with Crippen LogP contribution >= 0.6 is 11.8 Å². The van der Waals surface area contributed by atoms with Crippen LogP contribution in [0.3, 0.4) is 0 Å². The molecule has 0 aromatic rings. The van der Waals surface area contributed by atoms with Gasteiger partial charge in [0.05, 0.1) is 6.61 Å². The van der Waals surface area contributed by atoms with E-state index in [9.17, 15) is 0 Å². The zero-order valence-electron chi connectivity index (χ0n) is 5.35. The number of thioether (sulfide) groups is 1. The minimum atomic E-state index is 0.206. The van der Waals surface area contributed by atoms with Crippen molar-refractivity contribution in [2.75, 3.05) is 18.6 Å². The van der Waals surface area contributed by atoms with E-state index in [1.165, 1.54) is 0 Å². The largest absolute Gasteiger partial charge is 0.392 e. The third kappa shape index (κ3) is 3.10. The average molecular weight is 132 g/mol. The van der Waals surface area contributed by atoms with Gasteiger partial charge >= 0.3 is 0 Å². The van der Waals surface area contributed by atoms with Gasteiger partial charge in [0.15, 0.2) is 0 Å². The summed E-state index contributed by atoms with van der Waals surface area (Å²) >= 11 is 1.73. The molecule has 0 fully saturated rings.